The van der Waals surface area contributed by atoms with Crippen molar-refractivity contribution in [3.8, 4) is 0 Å². The molecular formula is C12H18N2O3S. The summed E-state index contributed by atoms with van der Waals surface area (Å²) in [6, 6.07) is 3.24. The average Bonchev–Trinajstić information content (AvgIpc) is 2.81. The molecule has 1 amide bonds. The van der Waals surface area contributed by atoms with Crippen molar-refractivity contribution < 1.29 is 14.7 Å². The second kappa shape index (κ2) is 7.84. The van der Waals surface area contributed by atoms with E-state index in [1.807, 2.05) is 17.5 Å². The van der Waals surface area contributed by atoms with Crippen molar-refractivity contribution >= 4 is 23.2 Å². The Kier molecular flexibility index (Phi) is 6.38. The summed E-state index contributed by atoms with van der Waals surface area (Å²) in [6.07, 6.45) is 1.82. The van der Waals surface area contributed by atoms with E-state index in [1.165, 1.54) is 11.3 Å². The van der Waals surface area contributed by atoms with Crippen LogP contribution in [0.2, 0.25) is 0 Å². The number of nitrogens with one attached hydrogen (secondary N) is 1. The fraction of sp³-hybridized carbons (Fsp3) is 0.500. The van der Waals surface area contributed by atoms with Crippen LogP contribution in [-0.2, 0) is 9.59 Å². The molecule has 0 aliphatic carbocycles. The summed E-state index contributed by atoms with van der Waals surface area (Å²) in [4.78, 5) is 23.3. The number of nitrogens with two attached hydrogens (primary N) is 1. The van der Waals surface area contributed by atoms with Crippen LogP contribution in [0, 0.1) is 0 Å². The van der Waals surface area contributed by atoms with Gasteiger partial charge in [0.25, 0.3) is 0 Å². The fourth-order valence-corrected chi connectivity index (χ4v) is 2.36. The zero-order valence-electron chi connectivity index (χ0n) is 10.1. The van der Waals surface area contributed by atoms with Gasteiger partial charge in [-0.1, -0.05) is 6.07 Å². The van der Waals surface area contributed by atoms with Crippen LogP contribution >= 0.6 is 11.3 Å². The van der Waals surface area contributed by atoms with Gasteiger partial charge in [0.05, 0.1) is 12.5 Å². The van der Waals surface area contributed by atoms with Gasteiger partial charge in [0.1, 0.15) is 0 Å². The van der Waals surface area contributed by atoms with Crippen molar-refractivity contribution in [1.82, 2.24) is 5.32 Å². The standard InChI is InChI=1S/C12H18N2O3S/c13-6-2-1-5-11(15)14-9(8-12(16)17)10-4-3-7-18-10/h3-4,7,9H,1-2,5-6,8,13H2,(H,14,15)(H,16,17). The molecule has 6 heteroatoms. The molecule has 1 rings (SSSR count). The van der Waals surface area contributed by atoms with Crippen LogP contribution in [0.25, 0.3) is 0 Å². The second-order valence-corrected chi connectivity index (χ2v) is 4.96. The highest BCUT2D eigenvalue weighted by atomic mass is 32.1. The molecule has 18 heavy (non-hydrogen) atoms. The summed E-state index contributed by atoms with van der Waals surface area (Å²) in [7, 11) is 0. The molecule has 0 fully saturated rings. The number of hydrogen-bond donors (Lipinski definition) is 3. The second-order valence-electron chi connectivity index (χ2n) is 3.98. The van der Waals surface area contributed by atoms with Gasteiger partial charge in [-0.05, 0) is 30.8 Å². The number of unbranched alkanes of at least 4 members (excludes halogenated alkanes) is 1. The van der Waals surface area contributed by atoms with Crippen LogP contribution < -0.4 is 11.1 Å². The maximum atomic E-state index is 11.7. The van der Waals surface area contributed by atoms with Crippen molar-refractivity contribution in [3.63, 3.8) is 0 Å². The van der Waals surface area contributed by atoms with Gasteiger partial charge < -0.3 is 16.2 Å². The van der Waals surface area contributed by atoms with Gasteiger partial charge in [-0.25, -0.2) is 0 Å². The topological polar surface area (TPSA) is 92.4 Å². The first kappa shape index (κ1) is 14.7. The van der Waals surface area contributed by atoms with Gasteiger partial charge in [-0.15, -0.1) is 11.3 Å². The number of carbonyl (C=O) groups excluding carboxylic acids is 1. The Hall–Kier alpha value is -1.40. The van der Waals surface area contributed by atoms with Gasteiger partial charge in [0.15, 0.2) is 0 Å². The lowest BCUT2D eigenvalue weighted by atomic mass is 10.1. The Bertz CT molecular complexity index is 379. The molecule has 0 radical (unpaired) electrons. The Labute approximate surface area is 110 Å². The van der Waals surface area contributed by atoms with E-state index in [0.717, 1.165) is 17.7 Å². The van der Waals surface area contributed by atoms with Crippen LogP contribution in [0.5, 0.6) is 0 Å². The predicted octanol–water partition coefficient (Wildman–Crippen LogP) is 1.51. The SMILES string of the molecule is NCCCCC(=O)NC(CC(=O)O)c1cccs1. The summed E-state index contributed by atoms with van der Waals surface area (Å²) in [5.41, 5.74) is 5.35. The van der Waals surface area contributed by atoms with E-state index in [0.29, 0.717) is 13.0 Å². The third-order valence-electron chi connectivity index (χ3n) is 2.46. The lowest BCUT2D eigenvalue weighted by Crippen LogP contribution is -2.29. The molecule has 0 saturated heterocycles. The van der Waals surface area contributed by atoms with Gasteiger partial charge in [-0.3, -0.25) is 9.59 Å². The number of aliphatic carboxylic acids is 1. The molecule has 1 aromatic heterocycles. The van der Waals surface area contributed by atoms with E-state index in [1.54, 1.807) is 0 Å². The zero-order valence-corrected chi connectivity index (χ0v) is 10.9. The highest BCUT2D eigenvalue weighted by molar-refractivity contribution is 7.10. The number of thiophene rings is 1. The highest BCUT2D eigenvalue weighted by Gasteiger charge is 2.18. The number of carbonyl (C=O) groups is 2. The lowest BCUT2D eigenvalue weighted by Gasteiger charge is -2.15. The molecule has 1 aromatic rings. The molecular weight excluding hydrogens is 252 g/mol. The Morgan fingerprint density at radius 1 is 1.44 bits per heavy atom. The molecule has 1 atom stereocenters. The molecule has 0 aliphatic heterocycles. The summed E-state index contributed by atoms with van der Waals surface area (Å²) in [5, 5.41) is 13.5. The zero-order chi connectivity index (χ0) is 13.4. The third kappa shape index (κ3) is 5.29. The van der Waals surface area contributed by atoms with E-state index in [-0.39, 0.29) is 12.3 Å². The largest absolute Gasteiger partial charge is 0.481 e. The fourth-order valence-electron chi connectivity index (χ4n) is 1.58. The maximum absolute atomic E-state index is 11.7. The predicted molar refractivity (Wildman–Crippen MR) is 70.4 cm³/mol. The number of carboxylic acid groups (broad SMARTS) is 1. The minimum Gasteiger partial charge on any atom is -0.481 e. The summed E-state index contributed by atoms with van der Waals surface area (Å²) in [5.74, 6) is -1.04. The first-order chi connectivity index (χ1) is 8.63. The van der Waals surface area contributed by atoms with Crippen molar-refractivity contribution in [2.75, 3.05) is 6.54 Å². The van der Waals surface area contributed by atoms with Crippen LogP contribution in [0.1, 0.15) is 36.6 Å². The monoisotopic (exact) mass is 270 g/mol. The third-order valence-corrected chi connectivity index (χ3v) is 3.44. The Morgan fingerprint density at radius 3 is 2.78 bits per heavy atom. The molecule has 0 bridgehead atoms. The van der Waals surface area contributed by atoms with Gasteiger partial charge in [0, 0.05) is 11.3 Å². The summed E-state index contributed by atoms with van der Waals surface area (Å²) in [6.45, 7) is 0.566. The number of amides is 1. The molecule has 0 saturated carbocycles. The summed E-state index contributed by atoms with van der Waals surface area (Å²) < 4.78 is 0. The normalized spacial score (nSPS) is 12.1. The van der Waals surface area contributed by atoms with E-state index in [2.05, 4.69) is 5.32 Å². The van der Waals surface area contributed by atoms with Crippen LogP contribution in [-0.4, -0.2) is 23.5 Å². The molecule has 1 heterocycles. The van der Waals surface area contributed by atoms with Crippen molar-refractivity contribution in [3.05, 3.63) is 22.4 Å². The van der Waals surface area contributed by atoms with Crippen molar-refractivity contribution in [2.45, 2.75) is 31.7 Å². The van der Waals surface area contributed by atoms with Gasteiger partial charge in [-0.2, -0.15) is 0 Å². The summed E-state index contributed by atoms with van der Waals surface area (Å²) >= 11 is 1.45. The minimum atomic E-state index is -0.921. The van der Waals surface area contributed by atoms with Gasteiger partial charge in [0.2, 0.25) is 5.91 Å². The molecule has 0 aromatic carbocycles. The highest BCUT2D eigenvalue weighted by Crippen LogP contribution is 2.22. The van der Waals surface area contributed by atoms with Crippen molar-refractivity contribution in [2.24, 2.45) is 5.73 Å². The molecule has 100 valence electrons. The minimum absolute atomic E-state index is 0.0941. The first-order valence-corrected chi connectivity index (χ1v) is 6.76. The number of rotatable bonds is 8. The molecule has 1 unspecified atom stereocenters. The molecule has 4 N–H and O–H groups in total. The van der Waals surface area contributed by atoms with E-state index >= 15 is 0 Å². The Morgan fingerprint density at radius 2 is 2.22 bits per heavy atom. The lowest BCUT2D eigenvalue weighted by molar-refractivity contribution is -0.137. The molecule has 0 spiro atoms. The molecule has 0 aliphatic rings. The van der Waals surface area contributed by atoms with E-state index < -0.39 is 12.0 Å². The quantitative estimate of drug-likeness (QED) is 0.624. The molecule has 5 nitrogen and oxygen atoms in total. The van der Waals surface area contributed by atoms with E-state index in [9.17, 15) is 9.59 Å². The average molecular weight is 270 g/mol. The maximum Gasteiger partial charge on any atom is 0.305 e. The van der Waals surface area contributed by atoms with Crippen LogP contribution in [0.4, 0.5) is 0 Å². The first-order valence-electron chi connectivity index (χ1n) is 5.88. The smallest absolute Gasteiger partial charge is 0.305 e. The number of carboxylic acids is 1. The van der Waals surface area contributed by atoms with Crippen LogP contribution in [0.3, 0.4) is 0 Å². The van der Waals surface area contributed by atoms with Crippen molar-refractivity contribution in [1.29, 1.82) is 0 Å². The van der Waals surface area contributed by atoms with Crippen LogP contribution in [0.15, 0.2) is 17.5 Å². The van der Waals surface area contributed by atoms with Gasteiger partial charge >= 0.3 is 5.97 Å². The Balaban J connectivity index is 2.51. The number of hydrogen-bond acceptors (Lipinski definition) is 4. The van der Waals surface area contributed by atoms with E-state index in [4.69, 9.17) is 10.8 Å².